The van der Waals surface area contributed by atoms with Gasteiger partial charge in [0.1, 0.15) is 17.8 Å². The number of halogens is 1. The molecule has 8 heteroatoms. The van der Waals surface area contributed by atoms with E-state index in [9.17, 15) is 0 Å². The highest BCUT2D eigenvalue weighted by atomic mass is 35.5. The van der Waals surface area contributed by atoms with Gasteiger partial charge in [0.2, 0.25) is 5.88 Å². The van der Waals surface area contributed by atoms with E-state index in [0.717, 1.165) is 66.1 Å². The molecule has 3 aromatic rings. The molecule has 0 amide bonds. The minimum atomic E-state index is 0.175. The molecule has 1 aliphatic carbocycles. The number of fused-ring (bicyclic) bond motifs is 3. The van der Waals surface area contributed by atoms with Crippen molar-refractivity contribution >= 4 is 11.6 Å². The maximum Gasteiger partial charge on any atom is 0.217 e. The van der Waals surface area contributed by atoms with E-state index in [2.05, 4.69) is 36.1 Å². The highest BCUT2D eigenvalue weighted by Gasteiger charge is 2.30. The van der Waals surface area contributed by atoms with Gasteiger partial charge >= 0.3 is 0 Å². The summed E-state index contributed by atoms with van der Waals surface area (Å²) in [6.45, 7) is 5.34. The van der Waals surface area contributed by atoms with Crippen LogP contribution in [-0.4, -0.2) is 30.8 Å². The third-order valence-electron chi connectivity index (χ3n) is 5.91. The smallest absolute Gasteiger partial charge is 0.217 e. The van der Waals surface area contributed by atoms with E-state index < -0.39 is 0 Å². The van der Waals surface area contributed by atoms with Crippen LogP contribution in [0.2, 0.25) is 5.02 Å². The zero-order chi connectivity index (χ0) is 20.7. The van der Waals surface area contributed by atoms with Gasteiger partial charge in [0, 0.05) is 29.2 Å². The van der Waals surface area contributed by atoms with E-state index in [-0.39, 0.29) is 6.10 Å². The molecule has 1 aromatic carbocycles. The van der Waals surface area contributed by atoms with Gasteiger partial charge in [0.05, 0.1) is 12.2 Å². The molecule has 0 atom stereocenters. The number of benzene rings is 1. The van der Waals surface area contributed by atoms with Crippen molar-refractivity contribution in [2.45, 2.75) is 64.6 Å². The van der Waals surface area contributed by atoms with E-state index >= 15 is 0 Å². The Morgan fingerprint density at radius 3 is 2.67 bits per heavy atom. The molecule has 1 N–H and O–H groups in total. The van der Waals surface area contributed by atoms with Crippen LogP contribution in [0.5, 0.6) is 5.88 Å². The third-order valence-corrected chi connectivity index (χ3v) is 6.14. The molecular formula is C22H25ClN6O. The van der Waals surface area contributed by atoms with Crippen LogP contribution in [0.3, 0.4) is 0 Å². The first-order chi connectivity index (χ1) is 14.6. The predicted molar refractivity (Wildman–Crippen MR) is 114 cm³/mol. The highest BCUT2D eigenvalue weighted by Crippen LogP contribution is 2.36. The highest BCUT2D eigenvalue weighted by molar-refractivity contribution is 6.30. The lowest BCUT2D eigenvalue weighted by atomic mass is 9.86. The number of ether oxygens (including phenoxy) is 1. The van der Waals surface area contributed by atoms with Gasteiger partial charge in [-0.3, -0.25) is 4.57 Å². The molecular weight excluding hydrogens is 400 g/mol. The lowest BCUT2D eigenvalue weighted by Gasteiger charge is -2.28. The zero-order valence-electron chi connectivity index (χ0n) is 17.2. The van der Waals surface area contributed by atoms with Crippen LogP contribution in [0.4, 0.5) is 0 Å². The average molecular weight is 425 g/mol. The van der Waals surface area contributed by atoms with Crippen LogP contribution >= 0.6 is 11.6 Å². The molecule has 0 saturated heterocycles. The van der Waals surface area contributed by atoms with Crippen molar-refractivity contribution in [2.75, 3.05) is 0 Å². The molecule has 2 aromatic heterocycles. The fraction of sp³-hybridized carbons (Fsp3) is 0.455. The molecule has 1 aliphatic heterocycles. The van der Waals surface area contributed by atoms with Crippen LogP contribution in [0.15, 0.2) is 24.3 Å². The van der Waals surface area contributed by atoms with E-state index in [4.69, 9.17) is 16.3 Å². The summed E-state index contributed by atoms with van der Waals surface area (Å²) in [6, 6.07) is 7.96. The number of hydrogen-bond donors (Lipinski definition) is 1. The van der Waals surface area contributed by atoms with Gasteiger partial charge in [-0.15, -0.1) is 10.2 Å². The molecule has 1 saturated carbocycles. The van der Waals surface area contributed by atoms with Gasteiger partial charge in [-0.25, -0.2) is 4.98 Å². The molecule has 0 radical (unpaired) electrons. The van der Waals surface area contributed by atoms with Crippen molar-refractivity contribution in [3.63, 3.8) is 0 Å². The Balaban J connectivity index is 1.34. The summed E-state index contributed by atoms with van der Waals surface area (Å²) in [4.78, 5) is 8.74. The second-order valence-electron chi connectivity index (χ2n) is 8.17. The van der Waals surface area contributed by atoms with Crippen LogP contribution in [0.1, 0.15) is 60.3 Å². The quantitative estimate of drug-likeness (QED) is 0.683. The Labute approximate surface area is 180 Å². The van der Waals surface area contributed by atoms with Crippen molar-refractivity contribution in [1.29, 1.82) is 0 Å². The van der Waals surface area contributed by atoms with Crippen molar-refractivity contribution in [2.24, 2.45) is 0 Å². The average Bonchev–Trinajstić information content (AvgIpc) is 3.03. The van der Waals surface area contributed by atoms with Gasteiger partial charge in [0.25, 0.3) is 0 Å². The van der Waals surface area contributed by atoms with Crippen molar-refractivity contribution in [3.8, 4) is 11.6 Å². The summed E-state index contributed by atoms with van der Waals surface area (Å²) >= 11 is 6.23. The maximum absolute atomic E-state index is 6.23. The molecule has 1 fully saturated rings. The summed E-state index contributed by atoms with van der Waals surface area (Å²) in [5.41, 5.74) is 3.24. The fourth-order valence-corrected chi connectivity index (χ4v) is 4.74. The Morgan fingerprint density at radius 2 is 1.87 bits per heavy atom. The van der Waals surface area contributed by atoms with E-state index in [1.807, 2.05) is 32.0 Å². The Morgan fingerprint density at radius 1 is 1.03 bits per heavy atom. The number of rotatable bonds is 3. The lowest BCUT2D eigenvalue weighted by Crippen LogP contribution is -2.25. The van der Waals surface area contributed by atoms with Crippen molar-refractivity contribution < 1.29 is 4.74 Å². The first kappa shape index (κ1) is 19.5. The Kier molecular flexibility index (Phi) is 5.16. The second kappa shape index (κ2) is 7.96. The summed E-state index contributed by atoms with van der Waals surface area (Å²) in [6.07, 6.45) is 4.15. The molecule has 30 heavy (non-hydrogen) atoms. The largest absolute Gasteiger partial charge is 0.474 e. The predicted octanol–water partition coefficient (Wildman–Crippen LogP) is 4.04. The Hall–Kier alpha value is -2.51. The fourth-order valence-electron chi connectivity index (χ4n) is 4.55. The molecule has 2 aliphatic rings. The second-order valence-corrected chi connectivity index (χ2v) is 8.61. The Bertz CT molecular complexity index is 1050. The molecule has 0 unspecified atom stereocenters. The standard InChI is InChI=1S/C22H25ClN6O/c1-13-9-21(26-14(2)25-13)30-18-6-3-15(4-7-18)22-28-27-20-12-24-11-16-10-17(23)5-8-19(16)29(20)22/h5,8-10,15,18,24H,3-4,6-7,11-12H2,1-2H3. The number of aryl methyl sites for hydroxylation is 2. The maximum atomic E-state index is 6.23. The number of aromatic nitrogens is 5. The first-order valence-corrected chi connectivity index (χ1v) is 10.9. The third kappa shape index (κ3) is 3.79. The van der Waals surface area contributed by atoms with Crippen molar-refractivity contribution in [3.05, 3.63) is 58.0 Å². The minimum Gasteiger partial charge on any atom is -0.474 e. The topological polar surface area (TPSA) is 77.8 Å². The normalized spacial score (nSPS) is 20.9. The first-order valence-electron chi connectivity index (χ1n) is 10.5. The van der Waals surface area contributed by atoms with E-state index in [0.29, 0.717) is 18.3 Å². The molecule has 7 nitrogen and oxygen atoms in total. The molecule has 0 bridgehead atoms. The van der Waals surface area contributed by atoms with Crippen LogP contribution in [0, 0.1) is 13.8 Å². The molecule has 5 rings (SSSR count). The molecule has 0 spiro atoms. The number of nitrogens with one attached hydrogen (secondary N) is 1. The van der Waals surface area contributed by atoms with Gasteiger partial charge < -0.3 is 10.1 Å². The molecule has 156 valence electrons. The lowest BCUT2D eigenvalue weighted by molar-refractivity contribution is 0.138. The summed E-state index contributed by atoms with van der Waals surface area (Å²) in [5.74, 6) is 3.79. The van der Waals surface area contributed by atoms with Gasteiger partial charge in [0.15, 0.2) is 5.82 Å². The molecule has 3 heterocycles. The summed E-state index contributed by atoms with van der Waals surface area (Å²) in [7, 11) is 0. The van der Waals surface area contributed by atoms with E-state index in [1.54, 1.807) is 0 Å². The monoisotopic (exact) mass is 424 g/mol. The van der Waals surface area contributed by atoms with Crippen LogP contribution in [-0.2, 0) is 13.1 Å². The number of hydrogen-bond acceptors (Lipinski definition) is 6. The van der Waals surface area contributed by atoms with Gasteiger partial charge in [-0.2, -0.15) is 4.98 Å². The SMILES string of the molecule is Cc1cc(OC2CCC(c3nnc4n3-c3ccc(Cl)cc3CNC4)CC2)nc(C)n1. The number of nitrogens with zero attached hydrogens (tertiary/aromatic N) is 5. The summed E-state index contributed by atoms with van der Waals surface area (Å²) in [5, 5.41) is 13.3. The van der Waals surface area contributed by atoms with Crippen molar-refractivity contribution in [1.82, 2.24) is 30.0 Å². The van der Waals surface area contributed by atoms with Crippen LogP contribution < -0.4 is 10.1 Å². The van der Waals surface area contributed by atoms with E-state index in [1.165, 1.54) is 5.56 Å². The zero-order valence-corrected chi connectivity index (χ0v) is 18.0. The minimum absolute atomic E-state index is 0.175. The van der Waals surface area contributed by atoms with Crippen LogP contribution in [0.25, 0.3) is 5.69 Å². The summed E-state index contributed by atoms with van der Waals surface area (Å²) < 4.78 is 8.40. The van der Waals surface area contributed by atoms with Gasteiger partial charge in [-0.05, 0) is 63.3 Å². The van der Waals surface area contributed by atoms with Gasteiger partial charge in [-0.1, -0.05) is 11.6 Å².